The number of carbonyl (C=O) groups is 2. The maximum absolute atomic E-state index is 12.9. The highest BCUT2D eigenvalue weighted by molar-refractivity contribution is 5.99. The average Bonchev–Trinajstić information content (AvgIpc) is 3.30. The van der Waals surface area contributed by atoms with Crippen molar-refractivity contribution in [2.45, 2.75) is 51.2 Å². The smallest absolute Gasteiger partial charge is 0.249 e. The molecule has 5 heteroatoms. The van der Waals surface area contributed by atoms with Crippen LogP contribution < -0.4 is 5.32 Å². The van der Waals surface area contributed by atoms with Crippen molar-refractivity contribution in [3.8, 4) is 0 Å². The second-order valence-electron chi connectivity index (χ2n) is 6.25. The van der Waals surface area contributed by atoms with Crippen molar-refractivity contribution in [1.29, 1.82) is 0 Å². The summed E-state index contributed by atoms with van der Waals surface area (Å²) >= 11 is 0. The molecular formula is C16H21N3O2. The summed E-state index contributed by atoms with van der Waals surface area (Å²) < 4.78 is 0. The lowest BCUT2D eigenvalue weighted by atomic mass is 9.90. The van der Waals surface area contributed by atoms with E-state index in [-0.39, 0.29) is 17.9 Å². The second-order valence-corrected chi connectivity index (χ2v) is 6.25. The van der Waals surface area contributed by atoms with Gasteiger partial charge in [-0.05, 0) is 49.8 Å². The number of pyridine rings is 1. The van der Waals surface area contributed by atoms with Crippen molar-refractivity contribution in [3.63, 3.8) is 0 Å². The molecule has 1 aliphatic carbocycles. The average molecular weight is 287 g/mol. The van der Waals surface area contributed by atoms with E-state index in [1.807, 2.05) is 26.0 Å². The second kappa shape index (κ2) is 5.13. The predicted octanol–water partition coefficient (Wildman–Crippen LogP) is 1.49. The van der Waals surface area contributed by atoms with Crippen LogP contribution in [0.5, 0.6) is 0 Å². The Morgan fingerprint density at radius 3 is 2.57 bits per heavy atom. The maximum Gasteiger partial charge on any atom is 0.249 e. The maximum atomic E-state index is 12.9. The molecule has 2 fully saturated rings. The Hall–Kier alpha value is -1.91. The first-order valence-electron chi connectivity index (χ1n) is 7.57. The molecule has 1 N–H and O–H groups in total. The van der Waals surface area contributed by atoms with E-state index < -0.39 is 5.54 Å². The topological polar surface area (TPSA) is 62.3 Å². The van der Waals surface area contributed by atoms with Gasteiger partial charge < -0.3 is 10.2 Å². The number of carbonyl (C=O) groups excluding carboxylic acids is 2. The van der Waals surface area contributed by atoms with Gasteiger partial charge >= 0.3 is 0 Å². The van der Waals surface area contributed by atoms with Crippen LogP contribution in [0.1, 0.15) is 38.7 Å². The van der Waals surface area contributed by atoms with Gasteiger partial charge in [0.1, 0.15) is 11.6 Å². The number of nitrogens with zero attached hydrogens (tertiary/aromatic N) is 2. The summed E-state index contributed by atoms with van der Waals surface area (Å²) in [7, 11) is 0. The third-order valence-corrected chi connectivity index (χ3v) is 4.61. The first kappa shape index (κ1) is 14.0. The minimum absolute atomic E-state index is 0.00416. The summed E-state index contributed by atoms with van der Waals surface area (Å²) in [5.41, 5.74) is 0.229. The summed E-state index contributed by atoms with van der Waals surface area (Å²) in [5, 5.41) is 2.94. The molecule has 3 rings (SSSR count). The summed E-state index contributed by atoms with van der Waals surface area (Å²) in [6.07, 6.45) is 6.09. The van der Waals surface area contributed by atoms with Crippen molar-refractivity contribution in [1.82, 2.24) is 15.2 Å². The molecule has 0 spiro atoms. The fourth-order valence-corrected chi connectivity index (χ4v) is 2.96. The fourth-order valence-electron chi connectivity index (χ4n) is 2.96. The van der Waals surface area contributed by atoms with Crippen LogP contribution in [0.15, 0.2) is 24.5 Å². The molecule has 1 aromatic heterocycles. The molecular weight excluding hydrogens is 266 g/mol. The van der Waals surface area contributed by atoms with E-state index in [0.29, 0.717) is 18.9 Å². The van der Waals surface area contributed by atoms with E-state index in [0.717, 1.165) is 18.4 Å². The molecule has 5 nitrogen and oxygen atoms in total. The Balaban J connectivity index is 1.91. The van der Waals surface area contributed by atoms with Crippen LogP contribution in [0.2, 0.25) is 0 Å². The molecule has 1 saturated carbocycles. The van der Waals surface area contributed by atoms with Crippen LogP contribution in [0.4, 0.5) is 0 Å². The van der Waals surface area contributed by atoms with E-state index >= 15 is 0 Å². The quantitative estimate of drug-likeness (QED) is 0.912. The number of aromatic nitrogens is 1. The van der Waals surface area contributed by atoms with E-state index in [9.17, 15) is 9.59 Å². The van der Waals surface area contributed by atoms with Crippen LogP contribution >= 0.6 is 0 Å². The minimum Gasteiger partial charge on any atom is -0.340 e. The molecule has 0 aromatic carbocycles. The molecule has 0 radical (unpaired) electrons. The fraction of sp³-hybridized carbons (Fsp3) is 0.562. The van der Waals surface area contributed by atoms with Crippen molar-refractivity contribution in [2.24, 2.45) is 5.92 Å². The number of nitrogens with one attached hydrogen (secondary N) is 1. The lowest BCUT2D eigenvalue weighted by Crippen LogP contribution is -2.69. The van der Waals surface area contributed by atoms with Gasteiger partial charge in [0.05, 0.1) is 0 Å². The van der Waals surface area contributed by atoms with E-state index in [1.54, 1.807) is 17.3 Å². The molecule has 2 heterocycles. The summed E-state index contributed by atoms with van der Waals surface area (Å²) in [4.78, 5) is 31.1. The third kappa shape index (κ3) is 2.52. The molecule has 1 aliphatic heterocycles. The van der Waals surface area contributed by atoms with E-state index in [1.165, 1.54) is 0 Å². The summed E-state index contributed by atoms with van der Waals surface area (Å²) in [6.45, 7) is 4.22. The van der Waals surface area contributed by atoms with Gasteiger partial charge in [-0.15, -0.1) is 0 Å². The molecule has 1 aromatic rings. The largest absolute Gasteiger partial charge is 0.340 e. The standard InChI is InChI=1S/C16H21N3O2/c1-3-16(2)15(21)19(10-11-6-8-17-9-7-11)13(12-4-5-12)14(20)18-16/h6-9,12-13H,3-5,10H2,1-2H3,(H,18,20). The van der Waals surface area contributed by atoms with E-state index in [4.69, 9.17) is 0 Å². The van der Waals surface area contributed by atoms with Crippen LogP contribution in [0, 0.1) is 5.92 Å². The SMILES string of the molecule is CCC1(C)NC(=O)C(C2CC2)N(Cc2ccncc2)C1=O. The molecule has 2 amide bonds. The van der Waals surface area contributed by atoms with Gasteiger partial charge in [0.25, 0.3) is 0 Å². The lowest BCUT2D eigenvalue weighted by Gasteiger charge is -2.44. The number of amides is 2. The van der Waals surface area contributed by atoms with Crippen molar-refractivity contribution >= 4 is 11.8 Å². The van der Waals surface area contributed by atoms with E-state index in [2.05, 4.69) is 10.3 Å². The normalized spacial score (nSPS) is 29.4. The highest BCUT2D eigenvalue weighted by atomic mass is 16.2. The van der Waals surface area contributed by atoms with Gasteiger partial charge in [0.15, 0.2) is 0 Å². The van der Waals surface area contributed by atoms with Crippen LogP contribution in [0.25, 0.3) is 0 Å². The summed E-state index contributed by atoms with van der Waals surface area (Å²) in [5.74, 6) is 0.339. The molecule has 2 atom stereocenters. The lowest BCUT2D eigenvalue weighted by molar-refractivity contribution is -0.156. The van der Waals surface area contributed by atoms with Gasteiger partial charge in [0, 0.05) is 18.9 Å². The molecule has 112 valence electrons. The monoisotopic (exact) mass is 287 g/mol. The van der Waals surface area contributed by atoms with Crippen LogP contribution in [-0.2, 0) is 16.1 Å². The van der Waals surface area contributed by atoms with Crippen LogP contribution in [-0.4, -0.2) is 33.3 Å². The Morgan fingerprint density at radius 1 is 1.33 bits per heavy atom. The van der Waals surface area contributed by atoms with Crippen molar-refractivity contribution in [2.75, 3.05) is 0 Å². The Bertz CT molecular complexity index is 556. The Morgan fingerprint density at radius 2 is 2.00 bits per heavy atom. The number of hydrogen-bond acceptors (Lipinski definition) is 3. The first-order chi connectivity index (χ1) is 10.0. The predicted molar refractivity (Wildman–Crippen MR) is 78.1 cm³/mol. The zero-order chi connectivity index (χ0) is 15.0. The Kier molecular flexibility index (Phi) is 3.43. The van der Waals surface area contributed by atoms with Gasteiger partial charge in [0.2, 0.25) is 11.8 Å². The van der Waals surface area contributed by atoms with Crippen LogP contribution in [0.3, 0.4) is 0 Å². The molecule has 2 aliphatic rings. The third-order valence-electron chi connectivity index (χ3n) is 4.61. The number of rotatable bonds is 4. The highest BCUT2D eigenvalue weighted by Gasteiger charge is 2.51. The van der Waals surface area contributed by atoms with Gasteiger partial charge in [-0.3, -0.25) is 14.6 Å². The zero-order valence-corrected chi connectivity index (χ0v) is 12.5. The minimum atomic E-state index is -0.782. The molecule has 0 bridgehead atoms. The zero-order valence-electron chi connectivity index (χ0n) is 12.5. The van der Waals surface area contributed by atoms with Gasteiger partial charge in [-0.25, -0.2) is 0 Å². The summed E-state index contributed by atoms with van der Waals surface area (Å²) in [6, 6.07) is 3.48. The van der Waals surface area contributed by atoms with Gasteiger partial charge in [-0.2, -0.15) is 0 Å². The van der Waals surface area contributed by atoms with Gasteiger partial charge in [-0.1, -0.05) is 6.92 Å². The van der Waals surface area contributed by atoms with Crippen molar-refractivity contribution < 1.29 is 9.59 Å². The Labute approximate surface area is 124 Å². The molecule has 1 saturated heterocycles. The molecule has 21 heavy (non-hydrogen) atoms. The number of hydrogen-bond donors (Lipinski definition) is 1. The number of piperazine rings is 1. The molecule has 2 unspecified atom stereocenters. The first-order valence-corrected chi connectivity index (χ1v) is 7.57. The highest BCUT2D eigenvalue weighted by Crippen LogP contribution is 2.39. The van der Waals surface area contributed by atoms with Crippen molar-refractivity contribution in [3.05, 3.63) is 30.1 Å².